The summed E-state index contributed by atoms with van der Waals surface area (Å²) in [6.07, 6.45) is -0.963. The largest absolute Gasteiger partial charge is 0.394 e. The fraction of sp³-hybridized carbons (Fsp3) is 1.00. The van der Waals surface area contributed by atoms with Crippen LogP contribution in [0.2, 0.25) is 0 Å². The lowest BCUT2D eigenvalue weighted by molar-refractivity contribution is -0.368. The lowest BCUT2D eigenvalue weighted by Gasteiger charge is -2.52. The molecular weight excluding hydrogens is 212 g/mol. The zero-order valence-electron chi connectivity index (χ0n) is 9.97. The van der Waals surface area contributed by atoms with Gasteiger partial charge in [-0.3, -0.25) is 0 Å². The van der Waals surface area contributed by atoms with Gasteiger partial charge in [0.2, 0.25) is 0 Å². The van der Waals surface area contributed by atoms with Crippen LogP contribution in [0.15, 0.2) is 0 Å². The Kier molecular flexibility index (Phi) is 3.01. The van der Waals surface area contributed by atoms with Crippen LogP contribution in [0, 0.1) is 0 Å². The minimum Gasteiger partial charge on any atom is -0.394 e. The summed E-state index contributed by atoms with van der Waals surface area (Å²) in [5.74, 6) is -0.640. The van der Waals surface area contributed by atoms with Gasteiger partial charge in [0, 0.05) is 6.42 Å². The van der Waals surface area contributed by atoms with E-state index in [4.69, 9.17) is 19.3 Å². The molecule has 0 amide bonds. The number of aliphatic hydroxyl groups excluding tert-OH is 2. The molecular formula is C11H20O5. The molecule has 0 bridgehead atoms. The molecule has 2 rings (SSSR count). The van der Waals surface area contributed by atoms with Crippen LogP contribution in [-0.4, -0.2) is 53.1 Å². The van der Waals surface area contributed by atoms with Crippen molar-refractivity contribution in [2.75, 3.05) is 13.2 Å². The first-order valence-electron chi connectivity index (χ1n) is 5.65. The summed E-state index contributed by atoms with van der Waals surface area (Å²) in [4.78, 5) is 0. The lowest BCUT2D eigenvalue weighted by Crippen LogP contribution is -2.64. The summed E-state index contributed by atoms with van der Waals surface area (Å²) in [5, 5.41) is 18.9. The van der Waals surface area contributed by atoms with Crippen molar-refractivity contribution in [3.63, 3.8) is 0 Å². The van der Waals surface area contributed by atoms with Crippen molar-refractivity contribution in [1.82, 2.24) is 0 Å². The minimum absolute atomic E-state index is 0.188. The molecule has 0 saturated carbocycles. The number of hydrogen-bond donors (Lipinski definition) is 2. The van der Waals surface area contributed by atoms with Gasteiger partial charge in [0.05, 0.1) is 25.4 Å². The second-order valence-corrected chi connectivity index (χ2v) is 5.25. The molecule has 4 atom stereocenters. The molecule has 16 heavy (non-hydrogen) atoms. The average Bonchev–Trinajstić information content (AvgIpc) is 2.19. The zero-order valence-corrected chi connectivity index (χ0v) is 9.97. The van der Waals surface area contributed by atoms with Crippen LogP contribution in [0.1, 0.15) is 27.2 Å². The molecule has 0 radical (unpaired) electrons. The van der Waals surface area contributed by atoms with E-state index in [9.17, 15) is 5.11 Å². The summed E-state index contributed by atoms with van der Waals surface area (Å²) >= 11 is 0. The molecule has 0 unspecified atom stereocenters. The maximum Gasteiger partial charge on any atom is 0.163 e. The first kappa shape index (κ1) is 12.3. The molecule has 2 saturated heterocycles. The Labute approximate surface area is 95.3 Å². The van der Waals surface area contributed by atoms with Crippen molar-refractivity contribution >= 4 is 0 Å². The standard InChI is InChI=1S/C11H20O5/c1-10(2)14-6-11(3)9(16-10)4-7(13)8(5-12)15-11/h7-9,12-13H,4-6H2,1-3H3/t7-,8+,9+,11-/m1/s1. The third-order valence-corrected chi connectivity index (χ3v) is 3.30. The second kappa shape index (κ2) is 3.92. The first-order valence-corrected chi connectivity index (χ1v) is 5.65. The van der Waals surface area contributed by atoms with E-state index >= 15 is 0 Å². The maximum absolute atomic E-state index is 9.79. The Morgan fingerprint density at radius 2 is 1.94 bits per heavy atom. The summed E-state index contributed by atoms with van der Waals surface area (Å²) in [6.45, 7) is 5.80. The van der Waals surface area contributed by atoms with Gasteiger partial charge < -0.3 is 24.4 Å². The van der Waals surface area contributed by atoms with Gasteiger partial charge in [-0.15, -0.1) is 0 Å². The highest BCUT2D eigenvalue weighted by atomic mass is 16.7. The van der Waals surface area contributed by atoms with Gasteiger partial charge in [-0.2, -0.15) is 0 Å². The summed E-state index contributed by atoms with van der Waals surface area (Å²) in [7, 11) is 0. The van der Waals surface area contributed by atoms with Gasteiger partial charge in [-0.25, -0.2) is 0 Å². The summed E-state index contributed by atoms with van der Waals surface area (Å²) < 4.78 is 17.0. The molecule has 2 N–H and O–H groups in total. The Hall–Kier alpha value is -0.200. The van der Waals surface area contributed by atoms with Crippen LogP contribution >= 0.6 is 0 Å². The first-order chi connectivity index (χ1) is 7.36. The molecule has 0 aromatic rings. The van der Waals surface area contributed by atoms with E-state index in [0.29, 0.717) is 13.0 Å². The van der Waals surface area contributed by atoms with Crippen LogP contribution in [0.3, 0.4) is 0 Å². The molecule has 2 fully saturated rings. The number of hydrogen-bond acceptors (Lipinski definition) is 5. The molecule has 5 heteroatoms. The Bertz CT molecular complexity index is 267. The molecule has 0 spiro atoms. The molecule has 2 heterocycles. The van der Waals surface area contributed by atoms with Crippen LogP contribution in [0.4, 0.5) is 0 Å². The topological polar surface area (TPSA) is 68.2 Å². The van der Waals surface area contributed by atoms with E-state index in [0.717, 1.165) is 0 Å². The predicted octanol–water partition coefficient (Wildman–Crippen LogP) is 0.0387. The number of fused-ring (bicyclic) bond motifs is 1. The number of rotatable bonds is 1. The van der Waals surface area contributed by atoms with E-state index in [1.807, 2.05) is 20.8 Å². The van der Waals surface area contributed by atoms with E-state index in [1.165, 1.54) is 0 Å². The predicted molar refractivity (Wildman–Crippen MR) is 55.9 cm³/mol. The highest BCUT2D eigenvalue weighted by Gasteiger charge is 2.51. The van der Waals surface area contributed by atoms with Crippen molar-refractivity contribution in [1.29, 1.82) is 0 Å². The van der Waals surface area contributed by atoms with Crippen molar-refractivity contribution in [2.24, 2.45) is 0 Å². The third-order valence-electron chi connectivity index (χ3n) is 3.30. The van der Waals surface area contributed by atoms with Crippen molar-refractivity contribution in [3.05, 3.63) is 0 Å². The molecule has 0 aromatic heterocycles. The fourth-order valence-electron chi connectivity index (χ4n) is 2.27. The van der Waals surface area contributed by atoms with E-state index in [2.05, 4.69) is 0 Å². The third kappa shape index (κ3) is 2.10. The lowest BCUT2D eigenvalue weighted by atomic mass is 9.87. The number of ether oxygens (including phenoxy) is 3. The van der Waals surface area contributed by atoms with Crippen LogP contribution in [-0.2, 0) is 14.2 Å². The van der Waals surface area contributed by atoms with Gasteiger partial charge in [-0.05, 0) is 20.8 Å². The molecule has 0 aliphatic carbocycles. The van der Waals surface area contributed by atoms with Gasteiger partial charge in [0.1, 0.15) is 11.7 Å². The van der Waals surface area contributed by atoms with Crippen LogP contribution < -0.4 is 0 Å². The van der Waals surface area contributed by atoms with Crippen molar-refractivity contribution < 1.29 is 24.4 Å². The monoisotopic (exact) mass is 232 g/mol. The Balaban J connectivity index is 2.13. The summed E-state index contributed by atoms with van der Waals surface area (Å²) in [5.41, 5.74) is -0.581. The Morgan fingerprint density at radius 3 is 2.56 bits per heavy atom. The molecule has 94 valence electrons. The van der Waals surface area contributed by atoms with Crippen molar-refractivity contribution in [3.8, 4) is 0 Å². The van der Waals surface area contributed by atoms with Crippen LogP contribution in [0.5, 0.6) is 0 Å². The normalized spacial score (nSPS) is 47.4. The molecule has 2 aliphatic heterocycles. The maximum atomic E-state index is 9.79. The Morgan fingerprint density at radius 1 is 1.25 bits per heavy atom. The fourth-order valence-corrected chi connectivity index (χ4v) is 2.27. The number of aliphatic hydroxyl groups is 2. The van der Waals surface area contributed by atoms with Gasteiger partial charge in [0.15, 0.2) is 5.79 Å². The van der Waals surface area contributed by atoms with Crippen molar-refractivity contribution in [2.45, 2.75) is 56.9 Å². The van der Waals surface area contributed by atoms with Gasteiger partial charge >= 0.3 is 0 Å². The van der Waals surface area contributed by atoms with Gasteiger partial charge in [-0.1, -0.05) is 0 Å². The van der Waals surface area contributed by atoms with E-state index in [1.54, 1.807) is 0 Å². The van der Waals surface area contributed by atoms with E-state index in [-0.39, 0.29) is 12.7 Å². The molecule has 5 nitrogen and oxygen atoms in total. The molecule has 0 aromatic carbocycles. The highest BCUT2D eigenvalue weighted by Crippen LogP contribution is 2.38. The molecule has 2 aliphatic rings. The zero-order chi connectivity index (χ0) is 12.0. The highest BCUT2D eigenvalue weighted by molar-refractivity contribution is 4.97. The van der Waals surface area contributed by atoms with E-state index < -0.39 is 23.6 Å². The smallest absolute Gasteiger partial charge is 0.163 e. The minimum atomic E-state index is -0.683. The SMILES string of the molecule is CC1(C)OC[C@@]2(C)O[C@@H](CO)[C@H](O)C[C@@H]2O1. The second-order valence-electron chi connectivity index (χ2n) is 5.25. The van der Waals surface area contributed by atoms with Crippen LogP contribution in [0.25, 0.3) is 0 Å². The average molecular weight is 232 g/mol. The quantitative estimate of drug-likeness (QED) is 0.668. The summed E-state index contributed by atoms with van der Waals surface area (Å²) in [6, 6.07) is 0. The van der Waals surface area contributed by atoms with Gasteiger partial charge in [0.25, 0.3) is 0 Å².